The molecule has 4 heterocycles. The summed E-state index contributed by atoms with van der Waals surface area (Å²) in [4.78, 5) is 35.4. The first-order valence-corrected chi connectivity index (χ1v) is 9.69. The lowest BCUT2D eigenvalue weighted by Crippen LogP contribution is -2.46. The van der Waals surface area contributed by atoms with E-state index in [1.54, 1.807) is 15.7 Å². The Morgan fingerprint density at radius 3 is 2.75 bits per heavy atom. The van der Waals surface area contributed by atoms with Gasteiger partial charge in [0.05, 0.1) is 6.54 Å². The molecule has 2 aliphatic heterocycles. The Kier molecular flexibility index (Phi) is 4.71. The maximum Gasteiger partial charge on any atom is 0.274 e. The Balaban J connectivity index is 1.65. The molecule has 2 aromatic heterocycles. The molecule has 0 unspecified atom stereocenters. The standard InChI is InChI=1S/C20H21ClN4O3/c1-11(2)24-5-6-25-14(8-16(26)18(27)17(25)20(24)28)4-3-13-7-12-9-22-10-15(12)19(21)23-13/h7-8,10-11,27H,3-6,9H2,1-2H3. The van der Waals surface area contributed by atoms with Crippen molar-refractivity contribution >= 4 is 23.7 Å². The van der Waals surface area contributed by atoms with E-state index in [0.717, 1.165) is 16.8 Å². The molecule has 8 heteroatoms. The third-order valence-corrected chi connectivity index (χ3v) is 5.58. The molecule has 0 radical (unpaired) electrons. The molecular formula is C20H21ClN4O3. The average Bonchev–Trinajstić information content (AvgIpc) is 3.12. The fraction of sp³-hybridized carbons (Fsp3) is 0.400. The number of halogens is 1. The predicted octanol–water partition coefficient (Wildman–Crippen LogP) is 2.18. The van der Waals surface area contributed by atoms with Crippen molar-refractivity contribution in [1.29, 1.82) is 0 Å². The highest BCUT2D eigenvalue weighted by atomic mass is 35.5. The number of aliphatic imine (C=N–C) groups is 1. The summed E-state index contributed by atoms with van der Waals surface area (Å²) in [6.07, 6.45) is 2.82. The summed E-state index contributed by atoms with van der Waals surface area (Å²) in [5.41, 5.74) is 2.98. The van der Waals surface area contributed by atoms with Gasteiger partial charge in [-0.05, 0) is 38.3 Å². The summed E-state index contributed by atoms with van der Waals surface area (Å²) >= 11 is 6.24. The van der Waals surface area contributed by atoms with Crippen LogP contribution >= 0.6 is 11.6 Å². The molecule has 2 aliphatic rings. The first kappa shape index (κ1) is 18.7. The van der Waals surface area contributed by atoms with E-state index >= 15 is 0 Å². The average molecular weight is 401 g/mol. The number of hydrogen-bond acceptors (Lipinski definition) is 5. The first-order chi connectivity index (χ1) is 13.4. The number of nitrogens with zero attached hydrogens (tertiary/aromatic N) is 4. The molecule has 0 saturated carbocycles. The van der Waals surface area contributed by atoms with E-state index in [4.69, 9.17) is 11.6 Å². The third-order valence-electron chi connectivity index (χ3n) is 5.29. The second-order valence-corrected chi connectivity index (χ2v) is 7.75. The molecule has 1 N–H and O–H groups in total. The number of fused-ring (bicyclic) bond motifs is 2. The lowest BCUT2D eigenvalue weighted by Gasteiger charge is -2.34. The Morgan fingerprint density at radius 1 is 1.21 bits per heavy atom. The van der Waals surface area contributed by atoms with Gasteiger partial charge in [0.1, 0.15) is 5.15 Å². The van der Waals surface area contributed by atoms with Crippen molar-refractivity contribution < 1.29 is 9.90 Å². The predicted molar refractivity (Wildman–Crippen MR) is 106 cm³/mol. The number of rotatable bonds is 4. The zero-order valence-corrected chi connectivity index (χ0v) is 16.5. The minimum atomic E-state index is -0.534. The van der Waals surface area contributed by atoms with Crippen LogP contribution < -0.4 is 5.43 Å². The van der Waals surface area contributed by atoms with E-state index in [1.807, 2.05) is 19.9 Å². The van der Waals surface area contributed by atoms with Gasteiger partial charge in [-0.25, -0.2) is 4.98 Å². The van der Waals surface area contributed by atoms with Crippen LogP contribution in [0.3, 0.4) is 0 Å². The number of amides is 1. The van der Waals surface area contributed by atoms with Crippen LogP contribution in [-0.2, 0) is 25.9 Å². The van der Waals surface area contributed by atoms with E-state index in [0.29, 0.717) is 43.3 Å². The topological polar surface area (TPSA) is 87.8 Å². The van der Waals surface area contributed by atoms with E-state index < -0.39 is 11.2 Å². The van der Waals surface area contributed by atoms with Gasteiger partial charge in [-0.3, -0.25) is 14.6 Å². The fourth-order valence-electron chi connectivity index (χ4n) is 3.82. The van der Waals surface area contributed by atoms with Crippen LogP contribution in [0.1, 0.15) is 46.9 Å². The Labute approximate surface area is 167 Å². The van der Waals surface area contributed by atoms with E-state index in [1.165, 1.54) is 6.07 Å². The van der Waals surface area contributed by atoms with Crippen molar-refractivity contribution in [2.75, 3.05) is 6.54 Å². The maximum atomic E-state index is 12.8. The van der Waals surface area contributed by atoms with Crippen molar-refractivity contribution in [2.45, 2.75) is 45.8 Å². The molecule has 28 heavy (non-hydrogen) atoms. The smallest absolute Gasteiger partial charge is 0.274 e. The molecule has 0 atom stereocenters. The second kappa shape index (κ2) is 7.05. The summed E-state index contributed by atoms with van der Waals surface area (Å²) in [6.45, 7) is 5.50. The molecule has 0 fully saturated rings. The van der Waals surface area contributed by atoms with Crippen LogP contribution in [0.5, 0.6) is 5.75 Å². The van der Waals surface area contributed by atoms with Gasteiger partial charge in [-0.15, -0.1) is 0 Å². The van der Waals surface area contributed by atoms with Crippen LogP contribution in [0.4, 0.5) is 0 Å². The molecule has 1 amide bonds. The molecule has 0 aromatic carbocycles. The molecule has 0 bridgehead atoms. The second-order valence-electron chi connectivity index (χ2n) is 7.39. The van der Waals surface area contributed by atoms with Gasteiger partial charge >= 0.3 is 0 Å². The highest BCUT2D eigenvalue weighted by Gasteiger charge is 2.31. The van der Waals surface area contributed by atoms with Crippen molar-refractivity contribution in [1.82, 2.24) is 14.5 Å². The minimum absolute atomic E-state index is 0.000572. The summed E-state index contributed by atoms with van der Waals surface area (Å²) < 4.78 is 1.76. The van der Waals surface area contributed by atoms with E-state index in [9.17, 15) is 14.7 Å². The van der Waals surface area contributed by atoms with Crippen LogP contribution in [-0.4, -0.2) is 44.3 Å². The quantitative estimate of drug-likeness (QED) is 0.797. The van der Waals surface area contributed by atoms with E-state index in [-0.39, 0.29) is 17.6 Å². The minimum Gasteiger partial charge on any atom is -0.503 e. The number of aryl methyl sites for hydroxylation is 2. The molecule has 7 nitrogen and oxygen atoms in total. The molecule has 0 spiro atoms. The van der Waals surface area contributed by atoms with Crippen molar-refractivity contribution in [3.8, 4) is 5.75 Å². The summed E-state index contributed by atoms with van der Waals surface area (Å²) in [6, 6.07) is 3.39. The number of hydrogen-bond donors (Lipinski definition) is 1. The molecular weight excluding hydrogens is 380 g/mol. The van der Waals surface area contributed by atoms with Crippen LogP contribution in [0, 0.1) is 0 Å². The Hall–Kier alpha value is -2.67. The summed E-state index contributed by atoms with van der Waals surface area (Å²) in [7, 11) is 0. The van der Waals surface area contributed by atoms with Gasteiger partial charge in [0, 0.05) is 48.4 Å². The summed E-state index contributed by atoms with van der Waals surface area (Å²) in [5, 5.41) is 10.7. The van der Waals surface area contributed by atoms with Gasteiger partial charge in [-0.1, -0.05) is 11.6 Å². The van der Waals surface area contributed by atoms with Crippen LogP contribution in [0.25, 0.3) is 0 Å². The molecule has 0 aliphatic carbocycles. The molecule has 2 aromatic rings. The van der Waals surface area contributed by atoms with Gasteiger partial charge in [0.2, 0.25) is 5.43 Å². The normalized spacial score (nSPS) is 15.3. The van der Waals surface area contributed by atoms with Crippen molar-refractivity contribution in [2.24, 2.45) is 4.99 Å². The number of carbonyl (C=O) groups excluding carboxylic acids is 1. The lowest BCUT2D eigenvalue weighted by atomic mass is 10.1. The largest absolute Gasteiger partial charge is 0.503 e. The highest BCUT2D eigenvalue weighted by Crippen LogP contribution is 2.25. The van der Waals surface area contributed by atoms with Crippen LogP contribution in [0.2, 0.25) is 5.15 Å². The molecule has 0 saturated heterocycles. The van der Waals surface area contributed by atoms with Gasteiger partial charge in [-0.2, -0.15) is 0 Å². The van der Waals surface area contributed by atoms with Gasteiger partial charge < -0.3 is 14.6 Å². The van der Waals surface area contributed by atoms with E-state index in [2.05, 4.69) is 9.98 Å². The SMILES string of the molecule is CC(C)N1CCn2c(CCc3cc4c(c(Cl)n3)C=NC4)cc(=O)c(O)c2C1=O. The monoisotopic (exact) mass is 400 g/mol. The van der Waals surface area contributed by atoms with Crippen molar-refractivity contribution in [3.05, 3.63) is 55.7 Å². The molecule has 146 valence electrons. The zero-order chi connectivity index (χ0) is 20.0. The zero-order valence-electron chi connectivity index (χ0n) is 15.8. The van der Waals surface area contributed by atoms with Crippen molar-refractivity contribution in [3.63, 3.8) is 0 Å². The first-order valence-electron chi connectivity index (χ1n) is 9.31. The van der Waals surface area contributed by atoms with Gasteiger partial charge in [0.25, 0.3) is 5.91 Å². The maximum absolute atomic E-state index is 12.8. The van der Waals surface area contributed by atoms with Gasteiger partial charge in [0.15, 0.2) is 11.4 Å². The number of carbonyl (C=O) groups is 1. The lowest BCUT2D eigenvalue weighted by molar-refractivity contribution is 0.0639. The Morgan fingerprint density at radius 2 is 2.00 bits per heavy atom. The number of aromatic hydroxyl groups is 1. The Bertz CT molecular complexity index is 1060. The number of aromatic nitrogens is 2. The number of pyridine rings is 2. The van der Waals surface area contributed by atoms with Crippen LogP contribution in [0.15, 0.2) is 21.9 Å². The highest BCUT2D eigenvalue weighted by molar-refractivity contribution is 6.32. The fourth-order valence-corrected chi connectivity index (χ4v) is 4.10. The molecule has 4 rings (SSSR count). The summed E-state index contributed by atoms with van der Waals surface area (Å²) in [5.74, 6) is -0.788. The third kappa shape index (κ3) is 3.09.